The number of ether oxygens (including phenoxy) is 3. The molecule has 2 heterocycles. The summed E-state index contributed by atoms with van der Waals surface area (Å²) in [5.41, 5.74) is 5.39. The minimum atomic E-state index is -0.327. The molecule has 0 atom stereocenters. The van der Waals surface area contributed by atoms with Crippen LogP contribution in [0.15, 0.2) is 4.99 Å². The summed E-state index contributed by atoms with van der Waals surface area (Å²) in [4.78, 5) is 4.12. The molecule has 0 aromatic carbocycles. The smallest absolute Gasteiger partial charge is 0.282 e. The van der Waals surface area contributed by atoms with Gasteiger partial charge in [0.05, 0.1) is 19.8 Å². The Morgan fingerprint density at radius 1 is 1.07 bits per heavy atom. The molecule has 5 heteroatoms. The van der Waals surface area contributed by atoms with Gasteiger partial charge in [0.1, 0.15) is 5.60 Å². The highest BCUT2D eigenvalue weighted by molar-refractivity contribution is 5.73. The van der Waals surface area contributed by atoms with Gasteiger partial charge in [0.2, 0.25) is 0 Å². The van der Waals surface area contributed by atoms with Crippen LogP contribution in [0.2, 0.25) is 0 Å². The van der Waals surface area contributed by atoms with Crippen molar-refractivity contribution >= 4 is 6.02 Å². The third kappa shape index (κ3) is 1.50. The molecule has 15 heavy (non-hydrogen) atoms. The van der Waals surface area contributed by atoms with E-state index in [1.807, 2.05) is 0 Å². The molecule has 84 valence electrons. The van der Waals surface area contributed by atoms with E-state index in [1.54, 1.807) is 0 Å². The van der Waals surface area contributed by atoms with E-state index in [1.165, 1.54) is 0 Å². The standard InChI is InChI=1S/C10H16N2O3/c11-8-12-7-9(15-8)1-3-10(4-2-9)13-5-6-14-10/h1-7H2,(H2,11,12). The van der Waals surface area contributed by atoms with Gasteiger partial charge in [-0.05, 0) is 12.8 Å². The second-order valence-corrected chi connectivity index (χ2v) is 4.55. The molecule has 1 saturated carbocycles. The summed E-state index contributed by atoms with van der Waals surface area (Å²) >= 11 is 0. The maximum absolute atomic E-state index is 5.66. The SMILES string of the molecule is NC1=NCC2(CCC3(CC2)OCCO3)O1. The van der Waals surface area contributed by atoms with Crippen LogP contribution in [0.3, 0.4) is 0 Å². The Labute approximate surface area is 88.6 Å². The van der Waals surface area contributed by atoms with Crippen LogP contribution < -0.4 is 5.73 Å². The Morgan fingerprint density at radius 2 is 1.73 bits per heavy atom. The third-order valence-electron chi connectivity index (χ3n) is 3.58. The van der Waals surface area contributed by atoms with Gasteiger partial charge in [-0.2, -0.15) is 0 Å². The fourth-order valence-electron chi connectivity index (χ4n) is 2.64. The van der Waals surface area contributed by atoms with Gasteiger partial charge in [0.15, 0.2) is 5.79 Å². The molecule has 0 unspecified atom stereocenters. The van der Waals surface area contributed by atoms with Crippen LogP contribution in [0.1, 0.15) is 25.7 Å². The molecule has 0 bridgehead atoms. The molecule has 2 spiro atoms. The highest BCUT2D eigenvalue weighted by atomic mass is 16.7. The fourth-order valence-corrected chi connectivity index (χ4v) is 2.64. The quantitative estimate of drug-likeness (QED) is 0.630. The van der Waals surface area contributed by atoms with Crippen molar-refractivity contribution in [3.8, 4) is 0 Å². The summed E-state index contributed by atoms with van der Waals surface area (Å²) in [6.07, 6.45) is 3.60. The normalized spacial score (nSPS) is 31.9. The Morgan fingerprint density at radius 3 is 2.27 bits per heavy atom. The number of hydrogen-bond acceptors (Lipinski definition) is 5. The van der Waals surface area contributed by atoms with E-state index in [2.05, 4.69) is 4.99 Å². The summed E-state index contributed by atoms with van der Waals surface area (Å²) < 4.78 is 16.9. The molecule has 0 aromatic heterocycles. The number of nitrogens with zero attached hydrogens (tertiary/aromatic N) is 1. The maximum atomic E-state index is 5.66. The lowest BCUT2D eigenvalue weighted by atomic mass is 9.81. The number of rotatable bonds is 0. The second kappa shape index (κ2) is 3.09. The summed E-state index contributed by atoms with van der Waals surface area (Å²) in [7, 11) is 0. The highest BCUT2D eigenvalue weighted by Crippen LogP contribution is 2.43. The highest BCUT2D eigenvalue weighted by Gasteiger charge is 2.49. The molecule has 0 aromatic rings. The maximum Gasteiger partial charge on any atom is 0.282 e. The molecular formula is C10H16N2O3. The van der Waals surface area contributed by atoms with Crippen LogP contribution in [0.4, 0.5) is 0 Å². The van der Waals surface area contributed by atoms with E-state index in [4.69, 9.17) is 19.9 Å². The van der Waals surface area contributed by atoms with Crippen LogP contribution in [0.25, 0.3) is 0 Å². The number of amidine groups is 1. The second-order valence-electron chi connectivity index (χ2n) is 4.55. The third-order valence-corrected chi connectivity index (χ3v) is 3.58. The molecule has 2 fully saturated rings. The Bertz CT molecular complexity index is 287. The molecular weight excluding hydrogens is 196 g/mol. The first-order chi connectivity index (χ1) is 7.22. The van der Waals surface area contributed by atoms with Crippen molar-refractivity contribution in [2.75, 3.05) is 19.8 Å². The van der Waals surface area contributed by atoms with E-state index in [0.717, 1.165) is 25.7 Å². The Balaban J connectivity index is 1.66. The van der Waals surface area contributed by atoms with E-state index < -0.39 is 0 Å². The zero-order valence-electron chi connectivity index (χ0n) is 8.70. The van der Waals surface area contributed by atoms with E-state index in [-0.39, 0.29) is 11.4 Å². The molecule has 3 rings (SSSR count). The van der Waals surface area contributed by atoms with Crippen molar-refractivity contribution in [2.45, 2.75) is 37.1 Å². The van der Waals surface area contributed by atoms with Gasteiger partial charge in [-0.1, -0.05) is 0 Å². The van der Waals surface area contributed by atoms with Crippen LogP contribution in [-0.2, 0) is 14.2 Å². The number of aliphatic imine (C=N–C) groups is 1. The summed E-state index contributed by atoms with van der Waals surface area (Å²) in [6, 6.07) is 0.333. The van der Waals surface area contributed by atoms with Crippen molar-refractivity contribution < 1.29 is 14.2 Å². The van der Waals surface area contributed by atoms with Gasteiger partial charge < -0.3 is 19.9 Å². The average molecular weight is 212 g/mol. The molecule has 0 radical (unpaired) electrons. The van der Waals surface area contributed by atoms with Crippen LogP contribution in [0, 0.1) is 0 Å². The van der Waals surface area contributed by atoms with Crippen LogP contribution in [0.5, 0.6) is 0 Å². The van der Waals surface area contributed by atoms with Crippen molar-refractivity contribution in [3.05, 3.63) is 0 Å². The largest absolute Gasteiger partial charge is 0.457 e. The molecule has 2 N–H and O–H groups in total. The summed E-state index contributed by atoms with van der Waals surface area (Å²) in [6.45, 7) is 2.12. The van der Waals surface area contributed by atoms with Crippen molar-refractivity contribution in [2.24, 2.45) is 10.7 Å². The lowest BCUT2D eigenvalue weighted by Gasteiger charge is -2.40. The molecule has 1 aliphatic carbocycles. The van der Waals surface area contributed by atoms with Crippen molar-refractivity contribution in [1.82, 2.24) is 0 Å². The van der Waals surface area contributed by atoms with Gasteiger partial charge >= 0.3 is 0 Å². The van der Waals surface area contributed by atoms with Gasteiger partial charge in [0.25, 0.3) is 6.02 Å². The van der Waals surface area contributed by atoms with Crippen LogP contribution >= 0.6 is 0 Å². The topological polar surface area (TPSA) is 66.1 Å². The number of hydrogen-bond donors (Lipinski definition) is 1. The monoisotopic (exact) mass is 212 g/mol. The molecule has 5 nitrogen and oxygen atoms in total. The average Bonchev–Trinajstić information content (AvgIpc) is 2.81. The van der Waals surface area contributed by atoms with E-state index >= 15 is 0 Å². The first kappa shape index (κ1) is 9.42. The van der Waals surface area contributed by atoms with Gasteiger partial charge in [-0.3, -0.25) is 0 Å². The Kier molecular flexibility index (Phi) is 1.94. The minimum absolute atomic E-state index is 0.162. The van der Waals surface area contributed by atoms with E-state index in [9.17, 15) is 0 Å². The van der Waals surface area contributed by atoms with E-state index in [0.29, 0.717) is 25.8 Å². The van der Waals surface area contributed by atoms with Crippen molar-refractivity contribution in [3.63, 3.8) is 0 Å². The first-order valence-electron chi connectivity index (χ1n) is 5.49. The summed E-state index contributed by atoms with van der Waals surface area (Å²) in [5.74, 6) is -0.327. The van der Waals surface area contributed by atoms with Gasteiger partial charge in [-0.25, -0.2) is 4.99 Å². The minimum Gasteiger partial charge on any atom is -0.457 e. The van der Waals surface area contributed by atoms with Gasteiger partial charge in [0, 0.05) is 12.8 Å². The van der Waals surface area contributed by atoms with Crippen LogP contribution in [-0.4, -0.2) is 37.2 Å². The molecule has 0 amide bonds. The zero-order valence-corrected chi connectivity index (χ0v) is 8.70. The molecule has 3 aliphatic rings. The number of nitrogens with two attached hydrogens (primary N) is 1. The lowest BCUT2D eigenvalue weighted by molar-refractivity contribution is -0.197. The zero-order chi connectivity index (χ0) is 10.4. The summed E-state index contributed by atoms with van der Waals surface area (Å²) in [5, 5.41) is 0. The molecule has 1 saturated heterocycles. The molecule has 2 aliphatic heterocycles. The Hall–Kier alpha value is -0.810. The predicted molar refractivity (Wildman–Crippen MR) is 53.4 cm³/mol. The lowest BCUT2D eigenvalue weighted by Crippen LogP contribution is -2.46. The predicted octanol–water partition coefficient (Wildman–Crippen LogP) is 0.387. The first-order valence-corrected chi connectivity index (χ1v) is 5.49. The van der Waals surface area contributed by atoms with Gasteiger partial charge in [-0.15, -0.1) is 0 Å². The van der Waals surface area contributed by atoms with Crippen molar-refractivity contribution in [1.29, 1.82) is 0 Å². The fraction of sp³-hybridized carbons (Fsp3) is 0.900.